The Labute approximate surface area is 129 Å². The van der Waals surface area contributed by atoms with Crippen molar-refractivity contribution in [1.29, 1.82) is 0 Å². The van der Waals surface area contributed by atoms with Gasteiger partial charge in [-0.1, -0.05) is 0 Å². The summed E-state index contributed by atoms with van der Waals surface area (Å²) in [6, 6.07) is 5.62. The van der Waals surface area contributed by atoms with E-state index in [9.17, 15) is 13.2 Å². The Hall–Kier alpha value is -1.64. The maximum Gasteiger partial charge on any atom is 0.321 e. The molecule has 0 bridgehead atoms. The SMILES string of the molecule is NS(=O)(=O)c1ccc(NC(=O)N2CCC3(CCO3)CC2)cc1. The molecule has 0 unspecified atom stereocenters. The van der Waals surface area contributed by atoms with Crippen LogP contribution in [0.15, 0.2) is 29.2 Å². The molecule has 2 aliphatic rings. The number of amides is 2. The van der Waals surface area contributed by atoms with E-state index >= 15 is 0 Å². The third kappa shape index (κ3) is 3.08. The molecule has 2 fully saturated rings. The summed E-state index contributed by atoms with van der Waals surface area (Å²) in [5.41, 5.74) is 0.547. The number of ether oxygens (including phenoxy) is 1. The van der Waals surface area contributed by atoms with E-state index in [0.717, 1.165) is 25.9 Å². The van der Waals surface area contributed by atoms with Crippen LogP contribution in [0, 0.1) is 0 Å². The molecule has 3 N–H and O–H groups in total. The fourth-order valence-electron chi connectivity index (χ4n) is 2.83. The molecular formula is C14H19N3O4S. The monoisotopic (exact) mass is 325 g/mol. The quantitative estimate of drug-likeness (QED) is 0.850. The minimum atomic E-state index is -3.72. The smallest absolute Gasteiger partial charge is 0.321 e. The summed E-state index contributed by atoms with van der Waals surface area (Å²) in [7, 11) is -3.72. The van der Waals surface area contributed by atoms with Crippen LogP contribution >= 0.6 is 0 Å². The Bertz CT molecular complexity index is 658. The first-order valence-electron chi connectivity index (χ1n) is 7.21. The molecule has 0 atom stereocenters. The van der Waals surface area contributed by atoms with Crippen LogP contribution in [0.1, 0.15) is 19.3 Å². The predicted molar refractivity (Wildman–Crippen MR) is 80.9 cm³/mol. The number of anilines is 1. The molecule has 0 aliphatic carbocycles. The van der Waals surface area contributed by atoms with E-state index in [0.29, 0.717) is 18.8 Å². The van der Waals surface area contributed by atoms with Gasteiger partial charge in [-0.05, 0) is 43.5 Å². The van der Waals surface area contributed by atoms with Gasteiger partial charge in [-0.3, -0.25) is 0 Å². The van der Waals surface area contributed by atoms with Crippen LogP contribution in [-0.2, 0) is 14.8 Å². The lowest BCUT2D eigenvalue weighted by Gasteiger charge is -2.47. The van der Waals surface area contributed by atoms with Gasteiger partial charge in [0.2, 0.25) is 10.0 Å². The molecule has 0 radical (unpaired) electrons. The zero-order valence-electron chi connectivity index (χ0n) is 12.1. The largest absolute Gasteiger partial charge is 0.375 e. The second-order valence-corrected chi connectivity index (χ2v) is 7.33. The lowest BCUT2D eigenvalue weighted by molar-refractivity contribution is -0.168. The third-order valence-corrected chi connectivity index (χ3v) is 5.29. The number of hydrogen-bond acceptors (Lipinski definition) is 4. The van der Waals surface area contributed by atoms with Gasteiger partial charge in [-0.2, -0.15) is 0 Å². The number of nitrogens with zero attached hydrogens (tertiary/aromatic N) is 1. The molecule has 120 valence electrons. The second-order valence-electron chi connectivity index (χ2n) is 5.77. The first kappa shape index (κ1) is 15.3. The van der Waals surface area contributed by atoms with Gasteiger partial charge in [-0.15, -0.1) is 0 Å². The fourth-order valence-corrected chi connectivity index (χ4v) is 3.35. The minimum Gasteiger partial charge on any atom is -0.375 e. The molecule has 2 aliphatic heterocycles. The molecule has 0 aromatic heterocycles. The summed E-state index contributed by atoms with van der Waals surface area (Å²) >= 11 is 0. The molecule has 1 spiro atoms. The molecule has 1 aromatic carbocycles. The van der Waals surface area contributed by atoms with E-state index in [1.165, 1.54) is 24.3 Å². The van der Waals surface area contributed by atoms with E-state index < -0.39 is 10.0 Å². The normalized spacial score (nSPS) is 20.5. The first-order valence-corrected chi connectivity index (χ1v) is 8.75. The first-order chi connectivity index (χ1) is 10.4. The van der Waals surface area contributed by atoms with E-state index in [1.54, 1.807) is 4.90 Å². The average Bonchev–Trinajstić information content (AvgIpc) is 2.45. The number of primary sulfonamides is 1. The van der Waals surface area contributed by atoms with Crippen LogP contribution in [0.2, 0.25) is 0 Å². The summed E-state index contributed by atoms with van der Waals surface area (Å²) < 4.78 is 28.0. The van der Waals surface area contributed by atoms with Crippen molar-refractivity contribution in [1.82, 2.24) is 4.90 Å². The van der Waals surface area contributed by atoms with Crippen molar-refractivity contribution in [3.05, 3.63) is 24.3 Å². The summed E-state index contributed by atoms with van der Waals surface area (Å²) in [6.07, 6.45) is 2.81. The van der Waals surface area contributed by atoms with Gasteiger partial charge in [0.1, 0.15) is 0 Å². The van der Waals surface area contributed by atoms with E-state index in [2.05, 4.69) is 5.32 Å². The van der Waals surface area contributed by atoms with Gasteiger partial charge in [0.15, 0.2) is 0 Å². The van der Waals surface area contributed by atoms with Crippen molar-refractivity contribution in [3.8, 4) is 0 Å². The fraction of sp³-hybridized carbons (Fsp3) is 0.500. The molecule has 0 saturated carbocycles. The Kier molecular flexibility index (Phi) is 3.84. The Morgan fingerprint density at radius 1 is 1.18 bits per heavy atom. The molecule has 7 nitrogen and oxygen atoms in total. The third-order valence-electron chi connectivity index (χ3n) is 4.36. The summed E-state index contributed by atoms with van der Waals surface area (Å²) in [4.78, 5) is 14.0. The van der Waals surface area contributed by atoms with E-state index in [-0.39, 0.29) is 16.5 Å². The number of nitrogens with one attached hydrogen (secondary N) is 1. The molecule has 2 saturated heterocycles. The molecule has 8 heteroatoms. The number of hydrogen-bond donors (Lipinski definition) is 2. The summed E-state index contributed by atoms with van der Waals surface area (Å²) in [5, 5.41) is 7.80. The lowest BCUT2D eigenvalue weighted by Crippen LogP contribution is -2.54. The summed E-state index contributed by atoms with van der Waals surface area (Å²) in [6.45, 7) is 2.16. The van der Waals surface area contributed by atoms with Gasteiger partial charge in [0, 0.05) is 18.8 Å². The van der Waals surface area contributed by atoms with Crippen LogP contribution < -0.4 is 10.5 Å². The summed E-state index contributed by atoms with van der Waals surface area (Å²) in [5.74, 6) is 0. The molecular weight excluding hydrogens is 306 g/mol. The maximum atomic E-state index is 12.2. The van der Waals surface area contributed by atoms with Gasteiger partial charge >= 0.3 is 6.03 Å². The van der Waals surface area contributed by atoms with E-state index in [4.69, 9.17) is 9.88 Å². The Morgan fingerprint density at radius 3 is 2.23 bits per heavy atom. The van der Waals surface area contributed by atoms with Crippen molar-refractivity contribution in [2.75, 3.05) is 25.0 Å². The zero-order valence-corrected chi connectivity index (χ0v) is 12.9. The average molecular weight is 325 g/mol. The molecule has 2 heterocycles. The van der Waals surface area contributed by atoms with Crippen molar-refractivity contribution < 1.29 is 17.9 Å². The van der Waals surface area contributed by atoms with Crippen LogP contribution in [-0.4, -0.2) is 44.6 Å². The number of likely N-dealkylation sites (tertiary alicyclic amines) is 1. The van der Waals surface area contributed by atoms with Crippen molar-refractivity contribution >= 4 is 21.7 Å². The second kappa shape index (κ2) is 5.53. The topological polar surface area (TPSA) is 102 Å². The highest BCUT2D eigenvalue weighted by molar-refractivity contribution is 7.89. The van der Waals surface area contributed by atoms with Gasteiger partial charge in [0.05, 0.1) is 17.1 Å². The van der Waals surface area contributed by atoms with Crippen LogP contribution in [0.5, 0.6) is 0 Å². The van der Waals surface area contributed by atoms with Crippen LogP contribution in [0.25, 0.3) is 0 Å². The van der Waals surface area contributed by atoms with Crippen LogP contribution in [0.4, 0.5) is 10.5 Å². The lowest BCUT2D eigenvalue weighted by atomic mass is 9.84. The minimum absolute atomic E-state index is 0.00785. The number of nitrogens with two attached hydrogens (primary N) is 1. The highest BCUT2D eigenvalue weighted by Crippen LogP contribution is 2.36. The molecule has 2 amide bonds. The molecule has 1 aromatic rings. The van der Waals surface area contributed by atoms with Gasteiger partial charge in [0.25, 0.3) is 0 Å². The number of sulfonamides is 1. The maximum absolute atomic E-state index is 12.2. The number of benzene rings is 1. The van der Waals surface area contributed by atoms with Crippen molar-refractivity contribution in [2.45, 2.75) is 29.8 Å². The Balaban J connectivity index is 1.58. The van der Waals surface area contributed by atoms with Crippen molar-refractivity contribution in [3.63, 3.8) is 0 Å². The van der Waals surface area contributed by atoms with Gasteiger partial charge in [-0.25, -0.2) is 18.4 Å². The van der Waals surface area contributed by atoms with Gasteiger partial charge < -0.3 is 15.0 Å². The highest BCUT2D eigenvalue weighted by Gasteiger charge is 2.41. The Morgan fingerprint density at radius 2 is 1.77 bits per heavy atom. The standard InChI is InChI=1S/C14H19N3O4S/c15-22(19,20)12-3-1-11(2-4-12)16-13(18)17-8-5-14(6-9-17)7-10-21-14/h1-4H,5-10H2,(H,16,18)(H2,15,19,20). The molecule has 22 heavy (non-hydrogen) atoms. The number of carbonyl (C=O) groups is 1. The number of urea groups is 1. The number of rotatable bonds is 2. The molecule has 3 rings (SSSR count). The van der Waals surface area contributed by atoms with Crippen LogP contribution in [0.3, 0.4) is 0 Å². The number of carbonyl (C=O) groups excluding carboxylic acids is 1. The number of piperidine rings is 1. The zero-order chi connectivity index (χ0) is 15.8. The predicted octanol–water partition coefficient (Wildman–Crippen LogP) is 1.12. The van der Waals surface area contributed by atoms with E-state index in [1.807, 2.05) is 0 Å². The van der Waals surface area contributed by atoms with Crippen molar-refractivity contribution in [2.24, 2.45) is 5.14 Å². The highest BCUT2D eigenvalue weighted by atomic mass is 32.2.